The monoisotopic (exact) mass is 237 g/mol. The summed E-state index contributed by atoms with van der Waals surface area (Å²) < 4.78 is 0. The molecule has 4 fully saturated rings. The van der Waals surface area contributed by atoms with Gasteiger partial charge in [0.25, 0.3) is 0 Å². The lowest BCUT2D eigenvalue weighted by atomic mass is 9.45. The van der Waals surface area contributed by atoms with Gasteiger partial charge < -0.3 is 10.8 Å². The van der Waals surface area contributed by atoms with Crippen LogP contribution < -0.4 is 5.73 Å². The minimum atomic E-state index is -0.572. The van der Waals surface area contributed by atoms with Gasteiger partial charge in [0.15, 0.2) is 0 Å². The molecule has 0 aliphatic heterocycles. The lowest BCUT2D eigenvalue weighted by Gasteiger charge is -2.62. The van der Waals surface area contributed by atoms with Crippen LogP contribution >= 0.6 is 0 Å². The second-order valence-electron chi connectivity index (χ2n) is 7.18. The van der Waals surface area contributed by atoms with Crippen LogP contribution in [0.4, 0.5) is 0 Å². The quantitative estimate of drug-likeness (QED) is 0.789. The molecular weight excluding hydrogens is 210 g/mol. The summed E-state index contributed by atoms with van der Waals surface area (Å²) in [7, 11) is 0. The number of hydrogen-bond donors (Lipinski definition) is 2. The highest BCUT2D eigenvalue weighted by molar-refractivity contribution is 5.10. The summed E-state index contributed by atoms with van der Waals surface area (Å²) in [5.74, 6) is 2.70. The number of nitrogens with two attached hydrogens (primary N) is 1. The molecule has 4 aliphatic carbocycles. The third-order valence-corrected chi connectivity index (χ3v) is 6.03. The molecule has 4 aliphatic rings. The van der Waals surface area contributed by atoms with Gasteiger partial charge >= 0.3 is 0 Å². The Bertz CT molecular complexity index is 266. The van der Waals surface area contributed by atoms with Crippen LogP contribution in [-0.2, 0) is 0 Å². The molecule has 98 valence electrons. The van der Waals surface area contributed by atoms with E-state index >= 15 is 0 Å². The van der Waals surface area contributed by atoms with Crippen LogP contribution in [0.3, 0.4) is 0 Å². The van der Waals surface area contributed by atoms with Gasteiger partial charge in [0.05, 0.1) is 5.60 Å². The minimum absolute atomic E-state index is 0.187. The Kier molecular flexibility index (Phi) is 2.79. The topological polar surface area (TPSA) is 46.2 Å². The fourth-order valence-electron chi connectivity index (χ4n) is 5.68. The molecule has 0 spiro atoms. The number of hydrogen-bond acceptors (Lipinski definition) is 2. The molecule has 4 saturated carbocycles. The standard InChI is InChI=1S/C15H27NO/c1-2-3-15(17,10-16)14-7-11-4-12(8-14)6-13(5-11)9-14/h11-13,17H,2-10,16H2,1H3. The maximum atomic E-state index is 11.1. The zero-order valence-electron chi connectivity index (χ0n) is 11.1. The normalized spacial score (nSPS) is 47.1. The Hall–Kier alpha value is -0.0800. The predicted octanol–water partition coefficient (Wildman–Crippen LogP) is 2.69. The van der Waals surface area contributed by atoms with Crippen molar-refractivity contribution in [1.82, 2.24) is 0 Å². The summed E-state index contributed by atoms with van der Waals surface area (Å²) in [5.41, 5.74) is 5.58. The van der Waals surface area contributed by atoms with Crippen LogP contribution in [0.15, 0.2) is 0 Å². The highest BCUT2D eigenvalue weighted by Gasteiger charge is 2.58. The Morgan fingerprint density at radius 1 is 1.12 bits per heavy atom. The van der Waals surface area contributed by atoms with Crippen molar-refractivity contribution < 1.29 is 5.11 Å². The van der Waals surface area contributed by atoms with Gasteiger partial charge in [-0.3, -0.25) is 0 Å². The molecule has 2 nitrogen and oxygen atoms in total. The van der Waals surface area contributed by atoms with E-state index in [1.165, 1.54) is 38.5 Å². The van der Waals surface area contributed by atoms with Crippen LogP contribution in [0.1, 0.15) is 58.3 Å². The van der Waals surface area contributed by atoms with Crippen molar-refractivity contribution in [3.05, 3.63) is 0 Å². The fraction of sp³-hybridized carbons (Fsp3) is 1.00. The van der Waals surface area contributed by atoms with Gasteiger partial charge in [-0.15, -0.1) is 0 Å². The van der Waals surface area contributed by atoms with Gasteiger partial charge in [-0.25, -0.2) is 0 Å². The summed E-state index contributed by atoms with van der Waals surface area (Å²) in [6.07, 6.45) is 10.0. The third-order valence-electron chi connectivity index (χ3n) is 6.03. The lowest BCUT2D eigenvalue weighted by molar-refractivity contribution is -0.177. The van der Waals surface area contributed by atoms with Crippen molar-refractivity contribution in [2.75, 3.05) is 6.54 Å². The maximum absolute atomic E-state index is 11.1. The minimum Gasteiger partial charge on any atom is -0.388 e. The van der Waals surface area contributed by atoms with Gasteiger partial charge in [0, 0.05) is 12.0 Å². The molecule has 0 aromatic carbocycles. The van der Waals surface area contributed by atoms with E-state index in [9.17, 15) is 5.11 Å². The summed E-state index contributed by atoms with van der Waals surface area (Å²) in [6, 6.07) is 0. The maximum Gasteiger partial charge on any atom is 0.0825 e. The van der Waals surface area contributed by atoms with Crippen molar-refractivity contribution in [3.63, 3.8) is 0 Å². The average Bonchev–Trinajstić information content (AvgIpc) is 2.27. The molecule has 2 heteroatoms. The summed E-state index contributed by atoms with van der Waals surface area (Å²) in [5, 5.41) is 11.1. The van der Waals surface area contributed by atoms with Gasteiger partial charge in [-0.1, -0.05) is 13.3 Å². The molecule has 3 N–H and O–H groups in total. The van der Waals surface area contributed by atoms with Crippen LogP contribution in [0.5, 0.6) is 0 Å². The van der Waals surface area contributed by atoms with Crippen LogP contribution in [0.2, 0.25) is 0 Å². The second-order valence-corrected chi connectivity index (χ2v) is 7.18. The highest BCUT2D eigenvalue weighted by Crippen LogP contribution is 2.64. The van der Waals surface area contributed by atoms with E-state index in [1.807, 2.05) is 0 Å². The van der Waals surface area contributed by atoms with Crippen LogP contribution in [0.25, 0.3) is 0 Å². The summed E-state index contributed by atoms with van der Waals surface area (Å²) in [6.45, 7) is 2.63. The summed E-state index contributed by atoms with van der Waals surface area (Å²) >= 11 is 0. The molecule has 0 heterocycles. The first-order chi connectivity index (χ1) is 8.11. The Morgan fingerprint density at radius 3 is 1.94 bits per heavy atom. The Balaban J connectivity index is 1.90. The largest absolute Gasteiger partial charge is 0.388 e. The first-order valence-corrected chi connectivity index (χ1v) is 7.53. The van der Waals surface area contributed by atoms with Gasteiger partial charge in [-0.05, 0) is 62.7 Å². The molecule has 0 aromatic rings. The molecule has 17 heavy (non-hydrogen) atoms. The third kappa shape index (κ3) is 1.67. The molecule has 1 atom stereocenters. The molecule has 0 radical (unpaired) electrons. The smallest absolute Gasteiger partial charge is 0.0825 e. The van der Waals surface area contributed by atoms with E-state index in [4.69, 9.17) is 5.73 Å². The molecule has 1 unspecified atom stereocenters. The zero-order chi connectivity index (χ0) is 12.1. The number of rotatable bonds is 4. The van der Waals surface area contributed by atoms with Crippen molar-refractivity contribution in [2.24, 2.45) is 28.9 Å². The van der Waals surface area contributed by atoms with Gasteiger partial charge in [-0.2, -0.15) is 0 Å². The van der Waals surface area contributed by atoms with Gasteiger partial charge in [0.1, 0.15) is 0 Å². The molecule has 4 bridgehead atoms. The lowest BCUT2D eigenvalue weighted by Crippen LogP contribution is -2.61. The van der Waals surface area contributed by atoms with E-state index in [0.29, 0.717) is 6.54 Å². The van der Waals surface area contributed by atoms with E-state index in [-0.39, 0.29) is 5.41 Å². The van der Waals surface area contributed by atoms with Crippen LogP contribution in [-0.4, -0.2) is 17.3 Å². The molecule has 0 aromatic heterocycles. The summed E-state index contributed by atoms with van der Waals surface area (Å²) in [4.78, 5) is 0. The molecular formula is C15H27NO. The van der Waals surface area contributed by atoms with Crippen molar-refractivity contribution in [3.8, 4) is 0 Å². The molecule has 4 rings (SSSR count). The predicted molar refractivity (Wildman–Crippen MR) is 69.5 cm³/mol. The first-order valence-electron chi connectivity index (χ1n) is 7.53. The van der Waals surface area contributed by atoms with E-state index < -0.39 is 5.60 Å². The van der Waals surface area contributed by atoms with Crippen molar-refractivity contribution >= 4 is 0 Å². The van der Waals surface area contributed by atoms with Gasteiger partial charge in [0.2, 0.25) is 0 Å². The Morgan fingerprint density at radius 2 is 1.59 bits per heavy atom. The fourth-order valence-corrected chi connectivity index (χ4v) is 5.68. The van der Waals surface area contributed by atoms with Crippen molar-refractivity contribution in [1.29, 1.82) is 0 Å². The molecule has 0 saturated heterocycles. The Labute approximate surface area is 105 Å². The van der Waals surface area contributed by atoms with E-state index in [2.05, 4.69) is 6.92 Å². The number of aliphatic hydroxyl groups is 1. The van der Waals surface area contributed by atoms with Crippen molar-refractivity contribution in [2.45, 2.75) is 63.9 Å². The van der Waals surface area contributed by atoms with Crippen LogP contribution in [0, 0.1) is 23.2 Å². The average molecular weight is 237 g/mol. The second kappa shape index (κ2) is 3.96. The van der Waals surface area contributed by atoms with E-state index in [1.54, 1.807) is 0 Å². The molecule has 0 amide bonds. The first kappa shape index (κ1) is 12.0. The van der Waals surface area contributed by atoms with E-state index in [0.717, 1.165) is 30.6 Å². The highest BCUT2D eigenvalue weighted by atomic mass is 16.3. The SMILES string of the molecule is CCCC(O)(CN)C12CC3CC(CC(C3)C1)C2. The zero-order valence-corrected chi connectivity index (χ0v) is 11.1.